The maximum atomic E-state index is 2.43. The molecule has 1 aromatic heterocycles. The Balaban J connectivity index is 1.85. The molecular weight excluding hydrogens is 404 g/mol. The van der Waals surface area contributed by atoms with Crippen LogP contribution in [0.5, 0.6) is 0 Å². The summed E-state index contributed by atoms with van der Waals surface area (Å²) in [4.78, 5) is 0. The molecule has 0 radical (unpaired) electrons. The molecule has 0 unspecified atom stereocenters. The first-order chi connectivity index (χ1) is 15.9. The van der Waals surface area contributed by atoms with Gasteiger partial charge in [-0.15, -0.1) is 0 Å². The first kappa shape index (κ1) is 29.7. The van der Waals surface area contributed by atoms with Gasteiger partial charge in [-0.3, -0.25) is 0 Å². The quantitative estimate of drug-likeness (QED) is 0.127. The molecule has 0 aliphatic heterocycles. The Morgan fingerprint density at radius 2 is 0.625 bits per heavy atom. The molecule has 0 aliphatic carbocycles. The van der Waals surface area contributed by atoms with Crippen LogP contribution in [0.3, 0.4) is 0 Å². The van der Waals surface area contributed by atoms with Crippen LogP contribution < -0.4 is 0 Å². The average Bonchev–Trinajstić information content (AvgIpc) is 3.25. The summed E-state index contributed by atoms with van der Waals surface area (Å²) in [5.74, 6) is 0. The van der Waals surface area contributed by atoms with Gasteiger partial charge in [0, 0.05) is 0 Å². The number of hydrogen-bond donors (Lipinski definition) is 0. The molecule has 0 fully saturated rings. The SMILES string of the molecule is CCCCCCCCCCCCCCCCCCc1cscc1CCCCCCCCC. The Morgan fingerprint density at radius 3 is 0.906 bits per heavy atom. The highest BCUT2D eigenvalue weighted by Crippen LogP contribution is 2.21. The summed E-state index contributed by atoms with van der Waals surface area (Å²) >= 11 is 1.93. The summed E-state index contributed by atoms with van der Waals surface area (Å²) in [5, 5.41) is 4.86. The molecule has 0 saturated carbocycles. The predicted molar refractivity (Wildman–Crippen MR) is 149 cm³/mol. The van der Waals surface area contributed by atoms with E-state index in [1.54, 1.807) is 11.1 Å². The topological polar surface area (TPSA) is 0 Å². The molecule has 1 aromatic rings. The summed E-state index contributed by atoms with van der Waals surface area (Å²) in [6.07, 6.45) is 35.9. The highest BCUT2D eigenvalue weighted by molar-refractivity contribution is 7.08. The fourth-order valence-corrected chi connectivity index (χ4v) is 5.86. The Kier molecular flexibility index (Phi) is 22.2. The summed E-state index contributed by atoms with van der Waals surface area (Å²) in [6.45, 7) is 4.61. The van der Waals surface area contributed by atoms with Crippen LogP contribution in [0.15, 0.2) is 10.8 Å². The lowest BCUT2D eigenvalue weighted by Crippen LogP contribution is -1.92. The zero-order valence-corrected chi connectivity index (χ0v) is 23.1. The van der Waals surface area contributed by atoms with Crippen molar-refractivity contribution in [2.24, 2.45) is 0 Å². The van der Waals surface area contributed by atoms with E-state index in [-0.39, 0.29) is 0 Å². The lowest BCUT2D eigenvalue weighted by atomic mass is 10.00. The van der Waals surface area contributed by atoms with Gasteiger partial charge in [-0.05, 0) is 47.6 Å². The van der Waals surface area contributed by atoms with Gasteiger partial charge >= 0.3 is 0 Å². The Morgan fingerprint density at radius 1 is 0.375 bits per heavy atom. The molecule has 0 saturated heterocycles. The van der Waals surface area contributed by atoms with Gasteiger partial charge in [0.05, 0.1) is 0 Å². The first-order valence-corrected chi connectivity index (χ1v) is 15.9. The van der Waals surface area contributed by atoms with Crippen LogP contribution in [0.4, 0.5) is 0 Å². The second-order valence-corrected chi connectivity index (χ2v) is 11.1. The number of hydrogen-bond acceptors (Lipinski definition) is 1. The van der Waals surface area contributed by atoms with Crippen LogP contribution in [-0.2, 0) is 12.8 Å². The van der Waals surface area contributed by atoms with Gasteiger partial charge in [0.25, 0.3) is 0 Å². The number of thiophene rings is 1. The third-order valence-electron chi connectivity index (χ3n) is 7.18. The van der Waals surface area contributed by atoms with Crippen LogP contribution in [0.25, 0.3) is 0 Å². The molecule has 1 rings (SSSR count). The molecule has 0 amide bonds. The molecule has 1 heterocycles. The van der Waals surface area contributed by atoms with Crippen LogP contribution in [-0.4, -0.2) is 0 Å². The Hall–Kier alpha value is -0.300. The van der Waals surface area contributed by atoms with Crippen molar-refractivity contribution in [1.82, 2.24) is 0 Å². The third kappa shape index (κ3) is 18.2. The fraction of sp³-hybridized carbons (Fsp3) is 0.871. The summed E-state index contributed by atoms with van der Waals surface area (Å²) in [5.41, 5.74) is 3.34. The predicted octanol–water partition coefficient (Wildman–Crippen LogP) is 11.8. The molecule has 0 aromatic carbocycles. The van der Waals surface area contributed by atoms with Crippen molar-refractivity contribution in [1.29, 1.82) is 0 Å². The van der Waals surface area contributed by atoms with Crippen molar-refractivity contribution < 1.29 is 0 Å². The standard InChI is InChI=1S/C31H58S/c1-3-5-7-9-11-12-13-14-15-16-17-18-19-21-23-25-27-31-29-32-28-30(31)26-24-22-20-10-8-6-4-2/h28-29H,3-27H2,1-2H3. The van der Waals surface area contributed by atoms with Gasteiger partial charge in [-0.25, -0.2) is 0 Å². The normalized spacial score (nSPS) is 11.4. The lowest BCUT2D eigenvalue weighted by molar-refractivity contribution is 0.529. The molecule has 0 spiro atoms. The van der Waals surface area contributed by atoms with E-state index >= 15 is 0 Å². The third-order valence-corrected chi connectivity index (χ3v) is 8.02. The summed E-state index contributed by atoms with van der Waals surface area (Å²) in [7, 11) is 0. The maximum absolute atomic E-state index is 2.43. The summed E-state index contributed by atoms with van der Waals surface area (Å²) in [6, 6.07) is 0. The Labute approximate surface area is 207 Å². The molecule has 1 heteroatoms. The van der Waals surface area contributed by atoms with E-state index in [2.05, 4.69) is 24.6 Å². The van der Waals surface area contributed by atoms with E-state index in [0.29, 0.717) is 0 Å². The molecule has 32 heavy (non-hydrogen) atoms. The molecule has 0 N–H and O–H groups in total. The van der Waals surface area contributed by atoms with Crippen molar-refractivity contribution in [2.75, 3.05) is 0 Å². The number of unbranched alkanes of at least 4 members (excludes halogenated alkanes) is 21. The zero-order chi connectivity index (χ0) is 23.0. The van der Waals surface area contributed by atoms with E-state index < -0.39 is 0 Å². The van der Waals surface area contributed by atoms with Gasteiger partial charge in [-0.1, -0.05) is 149 Å². The maximum Gasteiger partial charge on any atom is -0.00584 e. The second kappa shape index (κ2) is 23.8. The average molecular weight is 463 g/mol. The van der Waals surface area contributed by atoms with Gasteiger partial charge in [0.1, 0.15) is 0 Å². The van der Waals surface area contributed by atoms with Crippen molar-refractivity contribution in [2.45, 2.75) is 174 Å². The minimum Gasteiger partial charge on any atom is -0.152 e. The fourth-order valence-electron chi connectivity index (χ4n) is 4.92. The van der Waals surface area contributed by atoms with Crippen molar-refractivity contribution >= 4 is 11.3 Å². The lowest BCUT2D eigenvalue weighted by Gasteiger charge is -2.06. The van der Waals surface area contributed by atoms with E-state index in [1.165, 1.54) is 161 Å². The van der Waals surface area contributed by atoms with Gasteiger partial charge in [-0.2, -0.15) is 11.3 Å². The van der Waals surface area contributed by atoms with Gasteiger partial charge in [0.15, 0.2) is 0 Å². The minimum atomic E-state index is 1.32. The van der Waals surface area contributed by atoms with Gasteiger partial charge in [0.2, 0.25) is 0 Å². The smallest absolute Gasteiger partial charge is 0.00584 e. The van der Waals surface area contributed by atoms with Crippen molar-refractivity contribution in [3.05, 3.63) is 21.9 Å². The minimum absolute atomic E-state index is 1.32. The van der Waals surface area contributed by atoms with Gasteiger partial charge < -0.3 is 0 Å². The molecule has 0 atom stereocenters. The molecule has 0 nitrogen and oxygen atoms in total. The highest BCUT2D eigenvalue weighted by Gasteiger charge is 2.04. The van der Waals surface area contributed by atoms with Crippen LogP contribution in [0.1, 0.15) is 173 Å². The van der Waals surface area contributed by atoms with E-state index in [4.69, 9.17) is 0 Å². The monoisotopic (exact) mass is 462 g/mol. The van der Waals surface area contributed by atoms with Crippen molar-refractivity contribution in [3.63, 3.8) is 0 Å². The van der Waals surface area contributed by atoms with Crippen LogP contribution >= 0.6 is 11.3 Å². The highest BCUT2D eigenvalue weighted by atomic mass is 32.1. The zero-order valence-electron chi connectivity index (χ0n) is 22.2. The van der Waals surface area contributed by atoms with E-state index in [9.17, 15) is 0 Å². The molecule has 188 valence electrons. The first-order valence-electron chi connectivity index (χ1n) is 14.9. The molecule has 0 bridgehead atoms. The number of rotatable bonds is 25. The molecular formula is C31H58S. The van der Waals surface area contributed by atoms with Crippen molar-refractivity contribution in [3.8, 4) is 0 Å². The largest absolute Gasteiger partial charge is 0.152 e. The van der Waals surface area contributed by atoms with E-state index in [1.807, 2.05) is 11.3 Å². The number of aryl methyl sites for hydroxylation is 2. The second-order valence-electron chi connectivity index (χ2n) is 10.3. The Bertz CT molecular complexity index is 475. The van der Waals surface area contributed by atoms with E-state index in [0.717, 1.165) is 0 Å². The van der Waals surface area contributed by atoms with Crippen LogP contribution in [0.2, 0.25) is 0 Å². The summed E-state index contributed by atoms with van der Waals surface area (Å²) < 4.78 is 0. The molecule has 0 aliphatic rings. The van der Waals surface area contributed by atoms with Crippen LogP contribution in [0, 0.1) is 0 Å².